The monoisotopic (exact) mass is 484 g/mol. The summed E-state index contributed by atoms with van der Waals surface area (Å²) in [5.74, 6) is 0. The molecule has 0 aliphatic carbocycles. The number of thiocarbonyl (C=S) groups is 2. The summed E-state index contributed by atoms with van der Waals surface area (Å²) in [5.41, 5.74) is 0. The van der Waals surface area contributed by atoms with Crippen LogP contribution in [0.2, 0.25) is 0 Å². The van der Waals surface area contributed by atoms with Crippen molar-refractivity contribution in [2.75, 3.05) is 27.2 Å². The van der Waals surface area contributed by atoms with Gasteiger partial charge in [0.25, 0.3) is 0 Å². The van der Waals surface area contributed by atoms with Crippen LogP contribution in [-0.2, 0) is 0 Å². The molecule has 0 atom stereocenters. The van der Waals surface area contributed by atoms with E-state index in [2.05, 4.69) is 51.3 Å². The minimum atomic E-state index is 0. The van der Waals surface area contributed by atoms with Gasteiger partial charge in [-0.2, -0.15) is 0 Å². The Morgan fingerprint density at radius 3 is 1.25 bits per heavy atom. The van der Waals surface area contributed by atoms with Crippen molar-refractivity contribution in [1.82, 2.24) is 9.80 Å². The van der Waals surface area contributed by atoms with E-state index in [1.54, 1.807) is 4.90 Å². The quantitative estimate of drug-likeness (QED) is 0.337. The Kier molecular flexibility index (Phi) is 27.7. The predicted octanol–water partition coefficient (Wildman–Crippen LogP) is 0.473. The van der Waals surface area contributed by atoms with Gasteiger partial charge in [-0.15, -0.1) is 25.3 Å². The van der Waals surface area contributed by atoms with Crippen LogP contribution in [0.25, 0.3) is 0 Å². The fraction of sp³-hybridized carbons (Fsp3) is 0.750. The van der Waals surface area contributed by atoms with Crippen LogP contribution >= 0.6 is 49.7 Å². The third kappa shape index (κ3) is 18.2. The van der Waals surface area contributed by atoms with Crippen LogP contribution in [0, 0.1) is 0 Å². The Labute approximate surface area is 148 Å². The normalized spacial score (nSPS) is 7.38. The molecule has 0 aliphatic rings. The first-order valence-electron chi connectivity index (χ1n) is 4.24. The molecule has 0 aliphatic heterocycles. The van der Waals surface area contributed by atoms with Gasteiger partial charge >= 0.3 is 40.7 Å². The van der Waals surface area contributed by atoms with Crippen LogP contribution in [0.3, 0.4) is 0 Å². The van der Waals surface area contributed by atoms with Crippen LogP contribution in [0.15, 0.2) is 0 Å². The Morgan fingerprint density at radius 1 is 1.00 bits per heavy atom. The molecule has 0 N–H and O–H groups in total. The Balaban J connectivity index is -0.0000000825. The molecular weight excluding hydrogens is 459 g/mol. The van der Waals surface area contributed by atoms with Gasteiger partial charge in [0.1, 0.15) is 8.64 Å². The van der Waals surface area contributed by atoms with E-state index >= 15 is 0 Å². The molecule has 0 aromatic rings. The van der Waals surface area contributed by atoms with E-state index in [4.69, 9.17) is 12.2 Å². The van der Waals surface area contributed by atoms with Crippen LogP contribution in [0.1, 0.15) is 13.8 Å². The molecule has 8 heteroatoms. The molecule has 0 aromatic heterocycles. The first-order chi connectivity index (χ1) is 6.36. The van der Waals surface area contributed by atoms with E-state index in [-0.39, 0.29) is 40.7 Å². The van der Waals surface area contributed by atoms with E-state index in [1.165, 1.54) is 0 Å². The van der Waals surface area contributed by atoms with Gasteiger partial charge in [0, 0.05) is 27.2 Å². The fourth-order valence-electron chi connectivity index (χ4n) is 0.494. The van der Waals surface area contributed by atoms with Gasteiger partial charge in [-0.05, 0) is 13.8 Å². The standard InChI is InChI=1S/C5H11NS2.C3H7NS2.H2Se.H2Te/c1-3-6(4-2)5(7)8;1-4(2)3(5)6;;/h3-4H2,1-2H3,(H,7,8);1-2H3,(H,5,6);2*1H2. The fourth-order valence-corrected chi connectivity index (χ4v) is 1.04. The third-order valence-corrected chi connectivity index (χ3v) is 2.72. The maximum atomic E-state index is 4.81. The van der Waals surface area contributed by atoms with Gasteiger partial charge < -0.3 is 9.80 Å². The summed E-state index contributed by atoms with van der Waals surface area (Å²) < 4.78 is 1.31. The van der Waals surface area contributed by atoms with E-state index in [0.717, 1.165) is 13.1 Å². The number of hydrogen-bond acceptors (Lipinski definition) is 2. The topological polar surface area (TPSA) is 6.48 Å². The van der Waals surface area contributed by atoms with Gasteiger partial charge in [-0.25, -0.2) is 0 Å². The molecule has 0 bridgehead atoms. The van der Waals surface area contributed by atoms with Crippen molar-refractivity contribution in [3.05, 3.63) is 0 Å². The molecular formula is C8H22N2S4SeTe. The zero-order valence-electron chi connectivity index (χ0n) is 10.0. The zero-order chi connectivity index (χ0) is 11.7. The molecule has 0 unspecified atom stereocenters. The average Bonchev–Trinajstić information content (AvgIpc) is 2.06. The second kappa shape index (κ2) is 16.8. The van der Waals surface area contributed by atoms with Crippen LogP contribution in [-0.4, -0.2) is 86.4 Å². The van der Waals surface area contributed by atoms with Gasteiger partial charge in [0.05, 0.1) is 0 Å². The summed E-state index contributed by atoms with van der Waals surface area (Å²) in [6.45, 7) is 6.04. The molecule has 0 rings (SSSR count). The third-order valence-electron chi connectivity index (χ3n) is 1.42. The number of thiol groups is 2. The molecule has 0 fully saturated rings. The molecule has 2 nitrogen and oxygen atoms in total. The molecule has 0 aromatic carbocycles. The van der Waals surface area contributed by atoms with Crippen molar-refractivity contribution in [3.8, 4) is 0 Å². The van der Waals surface area contributed by atoms with Gasteiger partial charge in [-0.3, -0.25) is 0 Å². The Morgan fingerprint density at radius 2 is 1.25 bits per heavy atom. The maximum absolute atomic E-state index is 4.81. The van der Waals surface area contributed by atoms with Crippen molar-refractivity contribution >= 4 is 99.1 Å². The predicted molar refractivity (Wildman–Crippen MR) is 96.9 cm³/mol. The molecule has 0 radical (unpaired) electrons. The molecule has 100 valence electrons. The first-order valence-corrected chi connectivity index (χ1v) is 5.95. The molecule has 16 heavy (non-hydrogen) atoms. The van der Waals surface area contributed by atoms with E-state index in [9.17, 15) is 0 Å². The number of nitrogens with zero attached hydrogens (tertiary/aromatic N) is 2. The number of hydrogen-bond donors (Lipinski definition) is 2. The van der Waals surface area contributed by atoms with Crippen molar-refractivity contribution in [2.45, 2.75) is 13.8 Å². The SMILES string of the molecule is CCN(CC)C(=S)S.CN(C)C(=S)S.[SeH2].[TeH2]. The average molecular weight is 481 g/mol. The number of rotatable bonds is 2. The molecule has 0 heterocycles. The van der Waals surface area contributed by atoms with Gasteiger partial charge in [0.2, 0.25) is 0 Å². The van der Waals surface area contributed by atoms with Crippen molar-refractivity contribution in [3.63, 3.8) is 0 Å². The van der Waals surface area contributed by atoms with E-state index in [0.29, 0.717) is 8.64 Å². The Bertz CT molecular complexity index is 189. The van der Waals surface area contributed by atoms with Crippen LogP contribution < -0.4 is 0 Å². The van der Waals surface area contributed by atoms with Gasteiger partial charge in [0.15, 0.2) is 0 Å². The Hall–Kier alpha value is 1.79. The van der Waals surface area contributed by atoms with E-state index in [1.807, 2.05) is 19.0 Å². The first kappa shape index (κ1) is 26.4. The summed E-state index contributed by atoms with van der Waals surface area (Å²) in [7, 11) is 3.71. The van der Waals surface area contributed by atoms with Crippen molar-refractivity contribution < 1.29 is 0 Å². The summed E-state index contributed by atoms with van der Waals surface area (Å²) in [5, 5.41) is 0. The van der Waals surface area contributed by atoms with Gasteiger partial charge in [-0.1, -0.05) is 24.4 Å². The summed E-state index contributed by atoms with van der Waals surface area (Å²) in [4.78, 5) is 3.77. The van der Waals surface area contributed by atoms with Crippen molar-refractivity contribution in [2.24, 2.45) is 0 Å². The summed E-state index contributed by atoms with van der Waals surface area (Å²) >= 11 is 17.3. The van der Waals surface area contributed by atoms with Crippen LogP contribution in [0.4, 0.5) is 0 Å². The summed E-state index contributed by atoms with van der Waals surface area (Å²) in [6, 6.07) is 0. The zero-order valence-corrected chi connectivity index (χ0v) is 18.4. The molecule has 0 spiro atoms. The molecule has 0 amide bonds. The second-order valence-electron chi connectivity index (χ2n) is 2.63. The van der Waals surface area contributed by atoms with Crippen molar-refractivity contribution in [1.29, 1.82) is 0 Å². The van der Waals surface area contributed by atoms with Crippen LogP contribution in [0.5, 0.6) is 0 Å². The van der Waals surface area contributed by atoms with E-state index < -0.39 is 0 Å². The molecule has 0 saturated heterocycles. The second-order valence-corrected chi connectivity index (χ2v) is 4.86. The summed E-state index contributed by atoms with van der Waals surface area (Å²) in [6.07, 6.45) is 0. The molecule has 0 saturated carbocycles. The minimum absolute atomic E-state index is 0.